The number of guanidine groups is 1. The monoisotopic (exact) mass is 570 g/mol. The van der Waals surface area contributed by atoms with Gasteiger partial charge >= 0.3 is 6.09 Å². The minimum atomic E-state index is -0.233. The number of hydrogen-bond acceptors (Lipinski definition) is 6. The minimum absolute atomic E-state index is 0. The van der Waals surface area contributed by atoms with E-state index < -0.39 is 0 Å². The van der Waals surface area contributed by atoms with Crippen molar-refractivity contribution in [2.75, 3.05) is 45.2 Å². The van der Waals surface area contributed by atoms with Gasteiger partial charge in [0.25, 0.3) is 0 Å². The van der Waals surface area contributed by atoms with Gasteiger partial charge in [-0.3, -0.25) is 0 Å². The van der Waals surface area contributed by atoms with Crippen LogP contribution < -0.4 is 15.5 Å². The number of anilines is 1. The van der Waals surface area contributed by atoms with E-state index >= 15 is 0 Å². The molecule has 9 nitrogen and oxygen atoms in total. The Bertz CT molecular complexity index is 867. The molecule has 2 N–H and O–H groups in total. The number of pyridine rings is 1. The van der Waals surface area contributed by atoms with Crippen LogP contribution in [0.15, 0.2) is 46.0 Å². The van der Waals surface area contributed by atoms with Crippen molar-refractivity contribution in [1.82, 2.24) is 20.5 Å². The Kier molecular flexibility index (Phi) is 11.3. The van der Waals surface area contributed by atoms with Crippen molar-refractivity contribution in [3.8, 4) is 0 Å². The maximum Gasteiger partial charge on any atom is 0.409 e. The molecule has 3 rings (SSSR count). The number of nitrogens with one attached hydrogen (secondary N) is 2. The number of ether oxygens (including phenoxy) is 1. The van der Waals surface area contributed by atoms with Gasteiger partial charge in [-0.2, -0.15) is 0 Å². The van der Waals surface area contributed by atoms with Crippen molar-refractivity contribution in [3.63, 3.8) is 0 Å². The van der Waals surface area contributed by atoms with Crippen molar-refractivity contribution in [2.24, 2.45) is 4.99 Å². The molecule has 0 saturated carbocycles. The number of rotatable bonds is 8. The third kappa shape index (κ3) is 8.75. The Morgan fingerprint density at radius 1 is 1.27 bits per heavy atom. The largest absolute Gasteiger partial charge is 0.469 e. The molecule has 2 aromatic rings. The molecule has 1 amide bonds. The first kappa shape index (κ1) is 26.7. The average Bonchev–Trinajstić information content (AvgIpc) is 3.32. The van der Waals surface area contributed by atoms with Gasteiger partial charge in [-0.1, -0.05) is 6.07 Å². The Balaban J connectivity index is 0.00000385. The van der Waals surface area contributed by atoms with E-state index in [1.807, 2.05) is 56.3 Å². The van der Waals surface area contributed by atoms with Gasteiger partial charge in [-0.15, -0.1) is 24.0 Å². The molecule has 10 heteroatoms. The van der Waals surface area contributed by atoms with Gasteiger partial charge in [-0.05, 0) is 44.0 Å². The molecule has 3 heterocycles. The summed E-state index contributed by atoms with van der Waals surface area (Å²) in [6.07, 6.45) is 3.90. The van der Waals surface area contributed by atoms with E-state index in [4.69, 9.17) is 14.1 Å². The van der Waals surface area contributed by atoms with Crippen molar-refractivity contribution >= 4 is 41.8 Å². The number of furan rings is 1. The van der Waals surface area contributed by atoms with E-state index in [0.29, 0.717) is 32.8 Å². The first-order chi connectivity index (χ1) is 15.5. The zero-order valence-electron chi connectivity index (χ0n) is 19.6. The molecule has 1 aliphatic rings. The zero-order chi connectivity index (χ0) is 22.8. The van der Waals surface area contributed by atoms with Crippen LogP contribution in [0.1, 0.15) is 31.2 Å². The van der Waals surface area contributed by atoms with Crippen LogP contribution in [-0.2, 0) is 17.7 Å². The molecule has 0 aromatic carbocycles. The van der Waals surface area contributed by atoms with Crippen molar-refractivity contribution in [3.05, 3.63) is 48.0 Å². The fourth-order valence-corrected chi connectivity index (χ4v) is 3.49. The van der Waals surface area contributed by atoms with Gasteiger partial charge in [0.05, 0.1) is 25.1 Å². The zero-order valence-corrected chi connectivity index (χ0v) is 22.0. The first-order valence-electron chi connectivity index (χ1n) is 11.2. The number of carbonyl (C=O) groups excluding carboxylic acids is 1. The molecule has 1 aliphatic heterocycles. The van der Waals surface area contributed by atoms with Gasteiger partial charge in [0.2, 0.25) is 0 Å². The Labute approximate surface area is 213 Å². The lowest BCUT2D eigenvalue weighted by atomic mass is 10.1. The summed E-state index contributed by atoms with van der Waals surface area (Å²) in [4.78, 5) is 25.1. The lowest BCUT2D eigenvalue weighted by molar-refractivity contribution is 0.0963. The van der Waals surface area contributed by atoms with Gasteiger partial charge in [-0.25, -0.2) is 14.8 Å². The molecule has 0 radical (unpaired) electrons. The molecule has 1 saturated heterocycles. The number of nitrogens with zero attached hydrogens (tertiary/aromatic N) is 4. The number of amides is 1. The fourth-order valence-electron chi connectivity index (χ4n) is 3.49. The number of likely N-dealkylation sites (tertiary alicyclic amines) is 1. The van der Waals surface area contributed by atoms with Crippen LogP contribution in [0.4, 0.5) is 10.6 Å². The molecule has 33 heavy (non-hydrogen) atoms. The number of aliphatic imine (C=N–C) groups is 1. The lowest BCUT2D eigenvalue weighted by Gasteiger charge is -2.32. The highest BCUT2D eigenvalue weighted by atomic mass is 127. The third-order valence-corrected chi connectivity index (χ3v) is 5.26. The predicted octanol–water partition coefficient (Wildman–Crippen LogP) is 3.26. The van der Waals surface area contributed by atoms with E-state index in [9.17, 15) is 4.79 Å². The quantitative estimate of drug-likeness (QED) is 0.286. The normalized spacial score (nSPS) is 14.4. The van der Waals surface area contributed by atoms with Crippen molar-refractivity contribution in [2.45, 2.75) is 38.8 Å². The summed E-state index contributed by atoms with van der Waals surface area (Å²) in [6.45, 7) is 4.74. The molecule has 2 aromatic heterocycles. The van der Waals surface area contributed by atoms with Crippen LogP contribution in [0, 0.1) is 0 Å². The fraction of sp³-hybridized carbons (Fsp3) is 0.522. The lowest BCUT2D eigenvalue weighted by Crippen LogP contribution is -2.50. The van der Waals surface area contributed by atoms with Crippen LogP contribution in [0.5, 0.6) is 0 Å². The molecule has 1 fully saturated rings. The Morgan fingerprint density at radius 3 is 2.73 bits per heavy atom. The molecular formula is C23H35IN6O3. The summed E-state index contributed by atoms with van der Waals surface area (Å²) < 4.78 is 10.5. The first-order valence-corrected chi connectivity index (χ1v) is 11.2. The number of carbonyl (C=O) groups is 1. The Morgan fingerprint density at radius 2 is 2.06 bits per heavy atom. The molecule has 0 spiro atoms. The second-order valence-corrected chi connectivity index (χ2v) is 7.91. The van der Waals surface area contributed by atoms with E-state index in [0.717, 1.165) is 42.5 Å². The minimum Gasteiger partial charge on any atom is -0.469 e. The average molecular weight is 570 g/mol. The number of halogens is 1. The van der Waals surface area contributed by atoms with E-state index in [1.54, 1.807) is 11.2 Å². The highest BCUT2D eigenvalue weighted by molar-refractivity contribution is 14.0. The van der Waals surface area contributed by atoms with E-state index in [2.05, 4.69) is 15.6 Å². The molecule has 0 bridgehead atoms. The van der Waals surface area contributed by atoms with Crippen molar-refractivity contribution in [1.29, 1.82) is 0 Å². The summed E-state index contributed by atoms with van der Waals surface area (Å²) in [5, 5.41) is 6.93. The number of piperidine rings is 1. The van der Waals surface area contributed by atoms with Gasteiger partial charge < -0.3 is 29.6 Å². The SMILES string of the molecule is CCOC(=O)N1CCC(NC(=NCc2cccc(N(C)C)n2)NCCc2ccco2)CC1.I. The number of hydrogen-bond donors (Lipinski definition) is 2. The predicted molar refractivity (Wildman–Crippen MR) is 140 cm³/mol. The van der Waals surface area contributed by atoms with Gasteiger partial charge in [0.1, 0.15) is 11.6 Å². The highest BCUT2D eigenvalue weighted by Crippen LogP contribution is 2.12. The smallest absolute Gasteiger partial charge is 0.409 e. The third-order valence-electron chi connectivity index (χ3n) is 5.26. The van der Waals surface area contributed by atoms with Crippen LogP contribution in [0.2, 0.25) is 0 Å². The van der Waals surface area contributed by atoms with E-state index in [1.165, 1.54) is 0 Å². The van der Waals surface area contributed by atoms with Gasteiger partial charge in [0.15, 0.2) is 5.96 Å². The summed E-state index contributed by atoms with van der Waals surface area (Å²) in [6, 6.07) is 10.0. The van der Waals surface area contributed by atoms with Gasteiger partial charge in [0, 0.05) is 46.2 Å². The molecule has 0 unspecified atom stereocenters. The Hall–Kier alpha value is -2.50. The molecule has 0 atom stereocenters. The highest BCUT2D eigenvalue weighted by Gasteiger charge is 2.24. The topological polar surface area (TPSA) is 95.2 Å². The van der Waals surface area contributed by atoms with Crippen LogP contribution in [-0.4, -0.2) is 68.3 Å². The number of aromatic nitrogens is 1. The van der Waals surface area contributed by atoms with Crippen molar-refractivity contribution < 1.29 is 13.9 Å². The van der Waals surface area contributed by atoms with Crippen LogP contribution in [0.25, 0.3) is 0 Å². The molecular weight excluding hydrogens is 535 g/mol. The van der Waals surface area contributed by atoms with Crippen LogP contribution in [0.3, 0.4) is 0 Å². The van der Waals surface area contributed by atoms with Crippen LogP contribution >= 0.6 is 24.0 Å². The summed E-state index contributed by atoms with van der Waals surface area (Å²) in [5.41, 5.74) is 0.903. The second kappa shape index (κ2) is 13.9. The maximum atomic E-state index is 11.9. The molecule has 182 valence electrons. The molecule has 0 aliphatic carbocycles. The second-order valence-electron chi connectivity index (χ2n) is 7.91. The standard InChI is InChI=1S/C23H34N6O3.HI/c1-4-31-23(30)29-14-11-18(12-15-29)27-22(24-13-10-20-8-6-16-32-20)25-17-19-7-5-9-21(26-19)28(2)3;/h5-9,16,18H,4,10-15,17H2,1-3H3,(H2,24,25,27);1H. The maximum absolute atomic E-state index is 11.9. The summed E-state index contributed by atoms with van der Waals surface area (Å²) in [5.74, 6) is 2.58. The summed E-state index contributed by atoms with van der Waals surface area (Å²) in [7, 11) is 3.95. The summed E-state index contributed by atoms with van der Waals surface area (Å²) >= 11 is 0. The van der Waals surface area contributed by atoms with E-state index in [-0.39, 0.29) is 36.1 Å².